The number of hydrogen-bond donors (Lipinski definition) is 1. The Morgan fingerprint density at radius 2 is 1.86 bits per heavy atom. The van der Waals surface area contributed by atoms with Gasteiger partial charge in [0.1, 0.15) is 12.4 Å². The fraction of sp³-hybridized carbons (Fsp3) is 0.429. The van der Waals surface area contributed by atoms with Crippen LogP contribution >= 0.6 is 0 Å². The van der Waals surface area contributed by atoms with Gasteiger partial charge in [-0.15, -0.1) is 0 Å². The van der Waals surface area contributed by atoms with Crippen LogP contribution in [-0.4, -0.2) is 48.7 Å². The number of hydrogen-bond acceptors (Lipinski definition) is 4. The predicted octanol–water partition coefficient (Wildman–Crippen LogP) is 1.53. The van der Waals surface area contributed by atoms with Crippen molar-refractivity contribution in [3.8, 4) is 11.5 Å². The molecule has 1 fully saturated rings. The van der Waals surface area contributed by atoms with Crippen LogP contribution < -0.4 is 9.47 Å². The molecule has 0 bridgehead atoms. The van der Waals surface area contributed by atoms with Crippen LogP contribution in [0.1, 0.15) is 23.2 Å². The molecule has 1 aliphatic carbocycles. The Kier molecular flexibility index (Phi) is 4.30. The third-order valence-electron chi connectivity index (χ3n) is 3.26. The van der Waals surface area contributed by atoms with Gasteiger partial charge in [0.2, 0.25) is 0 Å². The quantitative estimate of drug-likeness (QED) is 0.861. The first-order valence-corrected chi connectivity index (χ1v) is 6.42. The molecule has 0 aromatic heterocycles. The van der Waals surface area contributed by atoms with E-state index >= 15 is 0 Å². The van der Waals surface area contributed by atoms with E-state index in [-0.39, 0.29) is 23.1 Å². The number of carbonyl (C=O) groups is 2. The van der Waals surface area contributed by atoms with Crippen molar-refractivity contribution < 1.29 is 28.6 Å². The first kappa shape index (κ1) is 15.1. The molecular weight excluding hydrogens is 281 g/mol. The summed E-state index contributed by atoms with van der Waals surface area (Å²) in [5.41, 5.74) is -0.221. The number of amides is 1. The molecule has 0 spiro atoms. The van der Waals surface area contributed by atoms with Crippen molar-refractivity contribution in [1.29, 1.82) is 0 Å². The maximum absolute atomic E-state index is 14.1. The number of rotatable bonds is 6. The highest BCUT2D eigenvalue weighted by Gasteiger charge is 2.35. The van der Waals surface area contributed by atoms with E-state index in [9.17, 15) is 14.0 Å². The smallest absolute Gasteiger partial charge is 0.323 e. The Morgan fingerprint density at radius 3 is 2.33 bits per heavy atom. The number of carboxylic acids is 1. The molecule has 21 heavy (non-hydrogen) atoms. The summed E-state index contributed by atoms with van der Waals surface area (Å²) < 4.78 is 24.0. The van der Waals surface area contributed by atoms with Gasteiger partial charge in [-0.2, -0.15) is 0 Å². The van der Waals surface area contributed by atoms with E-state index in [1.165, 1.54) is 25.2 Å². The van der Waals surface area contributed by atoms with Gasteiger partial charge >= 0.3 is 5.97 Å². The zero-order chi connectivity index (χ0) is 15.6. The highest BCUT2D eigenvalue weighted by atomic mass is 19.1. The monoisotopic (exact) mass is 297 g/mol. The number of methoxy groups -OCH3 is 2. The fourth-order valence-corrected chi connectivity index (χ4v) is 2.07. The lowest BCUT2D eigenvalue weighted by atomic mass is 10.1. The molecule has 1 N–H and O–H groups in total. The normalized spacial score (nSPS) is 13.7. The zero-order valence-electron chi connectivity index (χ0n) is 11.8. The summed E-state index contributed by atoms with van der Waals surface area (Å²) in [6.07, 6.45) is 1.46. The highest BCUT2D eigenvalue weighted by molar-refractivity contribution is 5.97. The molecule has 6 nitrogen and oxygen atoms in total. The molecule has 0 atom stereocenters. The van der Waals surface area contributed by atoms with Crippen LogP contribution in [0, 0.1) is 5.82 Å². The van der Waals surface area contributed by atoms with E-state index in [0.717, 1.165) is 18.9 Å². The molecule has 0 radical (unpaired) electrons. The second kappa shape index (κ2) is 5.99. The van der Waals surface area contributed by atoms with Gasteiger partial charge in [0.05, 0.1) is 19.8 Å². The maximum atomic E-state index is 14.1. The number of halogens is 1. The molecule has 114 valence electrons. The standard InChI is InChI=1S/C14H16FNO5/c1-20-11-5-9(10(15)6-12(11)21-2)14(19)16(7-13(17)18)8-3-4-8/h5-6,8H,3-4,7H2,1-2H3,(H,17,18). The van der Waals surface area contributed by atoms with Crippen molar-refractivity contribution in [2.75, 3.05) is 20.8 Å². The average Bonchev–Trinajstić information content (AvgIpc) is 3.28. The first-order valence-electron chi connectivity index (χ1n) is 6.42. The summed E-state index contributed by atoms with van der Waals surface area (Å²) in [5.74, 6) is -2.17. The minimum Gasteiger partial charge on any atom is -0.493 e. The molecule has 7 heteroatoms. The molecule has 0 saturated heterocycles. The van der Waals surface area contributed by atoms with Gasteiger partial charge in [-0.05, 0) is 18.9 Å². The third-order valence-corrected chi connectivity index (χ3v) is 3.26. The Labute approximate surface area is 121 Å². The van der Waals surface area contributed by atoms with Gasteiger partial charge in [0.25, 0.3) is 5.91 Å². The van der Waals surface area contributed by atoms with E-state index in [2.05, 4.69) is 0 Å². The van der Waals surface area contributed by atoms with E-state index in [4.69, 9.17) is 14.6 Å². The second-order valence-corrected chi connectivity index (χ2v) is 4.75. The van der Waals surface area contributed by atoms with Crippen molar-refractivity contribution in [2.45, 2.75) is 18.9 Å². The van der Waals surface area contributed by atoms with Crippen LogP contribution in [-0.2, 0) is 4.79 Å². The molecule has 1 aliphatic rings. The third kappa shape index (κ3) is 3.24. The summed E-state index contributed by atoms with van der Waals surface area (Å²) in [7, 11) is 2.74. The van der Waals surface area contributed by atoms with E-state index < -0.39 is 24.2 Å². The second-order valence-electron chi connectivity index (χ2n) is 4.75. The Balaban J connectivity index is 2.34. The molecular formula is C14H16FNO5. The Bertz CT molecular complexity index is 571. The Hall–Kier alpha value is -2.31. The summed E-state index contributed by atoms with van der Waals surface area (Å²) in [5, 5.41) is 8.88. The maximum Gasteiger partial charge on any atom is 0.323 e. The van der Waals surface area contributed by atoms with Crippen molar-refractivity contribution >= 4 is 11.9 Å². The molecule has 1 aromatic rings. The summed E-state index contributed by atoms with van der Waals surface area (Å²) in [6.45, 7) is -0.447. The summed E-state index contributed by atoms with van der Waals surface area (Å²) >= 11 is 0. The number of carboxylic acid groups (broad SMARTS) is 1. The van der Waals surface area contributed by atoms with Gasteiger partial charge in [-0.1, -0.05) is 0 Å². The van der Waals surface area contributed by atoms with Crippen molar-refractivity contribution in [3.05, 3.63) is 23.5 Å². The van der Waals surface area contributed by atoms with E-state index in [0.29, 0.717) is 0 Å². The van der Waals surface area contributed by atoms with Gasteiger partial charge < -0.3 is 19.5 Å². The van der Waals surface area contributed by atoms with Crippen LogP contribution in [0.4, 0.5) is 4.39 Å². The number of ether oxygens (including phenoxy) is 2. The van der Waals surface area contributed by atoms with Crippen LogP contribution in [0.2, 0.25) is 0 Å². The molecule has 1 amide bonds. The number of aliphatic carboxylic acids is 1. The lowest BCUT2D eigenvalue weighted by molar-refractivity contribution is -0.137. The van der Waals surface area contributed by atoms with Gasteiger partial charge in [0, 0.05) is 12.1 Å². The number of benzene rings is 1. The van der Waals surface area contributed by atoms with Crippen LogP contribution in [0.25, 0.3) is 0 Å². The molecule has 0 unspecified atom stereocenters. The van der Waals surface area contributed by atoms with Crippen molar-refractivity contribution in [2.24, 2.45) is 0 Å². The largest absolute Gasteiger partial charge is 0.493 e. The highest BCUT2D eigenvalue weighted by Crippen LogP contribution is 2.33. The lowest BCUT2D eigenvalue weighted by Crippen LogP contribution is -2.37. The lowest BCUT2D eigenvalue weighted by Gasteiger charge is -2.21. The minimum atomic E-state index is -1.13. The molecule has 1 aromatic carbocycles. The zero-order valence-corrected chi connectivity index (χ0v) is 11.8. The van der Waals surface area contributed by atoms with Gasteiger partial charge in [-0.3, -0.25) is 9.59 Å². The first-order chi connectivity index (χ1) is 9.97. The topological polar surface area (TPSA) is 76.1 Å². The number of nitrogens with zero attached hydrogens (tertiary/aromatic N) is 1. The predicted molar refractivity (Wildman–Crippen MR) is 71.2 cm³/mol. The molecule has 0 aliphatic heterocycles. The van der Waals surface area contributed by atoms with Crippen molar-refractivity contribution in [1.82, 2.24) is 4.90 Å². The summed E-state index contributed by atoms with van der Waals surface area (Å²) in [6, 6.07) is 2.15. The minimum absolute atomic E-state index is 0.138. The summed E-state index contributed by atoms with van der Waals surface area (Å²) in [4.78, 5) is 24.4. The van der Waals surface area contributed by atoms with Crippen LogP contribution in [0.5, 0.6) is 11.5 Å². The Morgan fingerprint density at radius 1 is 1.29 bits per heavy atom. The fourth-order valence-electron chi connectivity index (χ4n) is 2.07. The average molecular weight is 297 g/mol. The number of carbonyl (C=O) groups excluding carboxylic acids is 1. The van der Waals surface area contributed by atoms with E-state index in [1.807, 2.05) is 0 Å². The van der Waals surface area contributed by atoms with Gasteiger partial charge in [-0.25, -0.2) is 4.39 Å². The van der Waals surface area contributed by atoms with E-state index in [1.54, 1.807) is 0 Å². The SMILES string of the molecule is COc1cc(F)c(C(=O)N(CC(=O)O)C2CC2)cc1OC. The molecule has 2 rings (SSSR count). The molecule has 0 heterocycles. The molecule has 1 saturated carbocycles. The van der Waals surface area contributed by atoms with Crippen LogP contribution in [0.3, 0.4) is 0 Å². The van der Waals surface area contributed by atoms with Crippen molar-refractivity contribution in [3.63, 3.8) is 0 Å². The van der Waals surface area contributed by atoms with Crippen LogP contribution in [0.15, 0.2) is 12.1 Å². The van der Waals surface area contributed by atoms with Gasteiger partial charge in [0.15, 0.2) is 11.5 Å².